The van der Waals surface area contributed by atoms with Crippen molar-refractivity contribution in [3.8, 4) is 0 Å². The Morgan fingerprint density at radius 3 is 2.35 bits per heavy atom. The molecular weight excluding hydrogens is 227 g/mol. The van der Waals surface area contributed by atoms with Gasteiger partial charge in [-0.05, 0) is 17.7 Å². The number of methoxy groups -OCH3 is 1. The number of hydrogen-bond acceptors (Lipinski definition) is 4. The van der Waals surface area contributed by atoms with Crippen molar-refractivity contribution in [1.29, 1.82) is 0 Å². The van der Waals surface area contributed by atoms with Gasteiger partial charge in [0, 0.05) is 13.3 Å². The van der Waals surface area contributed by atoms with E-state index in [1.165, 1.54) is 38.3 Å². The van der Waals surface area contributed by atoms with E-state index >= 15 is 0 Å². The number of rotatable bonds is 4. The molecule has 0 aliphatic rings. The Balaban J connectivity index is 2.75. The van der Waals surface area contributed by atoms with Crippen molar-refractivity contribution in [2.75, 3.05) is 7.11 Å². The molecule has 92 valence electrons. The van der Waals surface area contributed by atoms with Crippen LogP contribution in [0.5, 0.6) is 0 Å². The fourth-order valence-corrected chi connectivity index (χ4v) is 1.34. The first-order valence-corrected chi connectivity index (χ1v) is 5.02. The van der Waals surface area contributed by atoms with E-state index in [-0.39, 0.29) is 12.2 Å². The van der Waals surface area contributed by atoms with Crippen molar-refractivity contribution >= 4 is 11.9 Å². The van der Waals surface area contributed by atoms with E-state index in [0.717, 1.165) is 0 Å². The first-order chi connectivity index (χ1) is 8.02. The van der Waals surface area contributed by atoms with Crippen LogP contribution >= 0.6 is 0 Å². The summed E-state index contributed by atoms with van der Waals surface area (Å²) in [5.74, 6) is -1.57. The summed E-state index contributed by atoms with van der Waals surface area (Å²) in [6, 6.07) is 5.60. The SMILES string of the molecule is COC(=O)[C@H](Cc1ccc(F)cc1)OC(C)=O. The van der Waals surface area contributed by atoms with E-state index in [9.17, 15) is 14.0 Å². The summed E-state index contributed by atoms with van der Waals surface area (Å²) in [6.45, 7) is 1.21. The molecule has 0 amide bonds. The van der Waals surface area contributed by atoms with Crippen molar-refractivity contribution in [3.63, 3.8) is 0 Å². The molecule has 0 aliphatic carbocycles. The van der Waals surface area contributed by atoms with Gasteiger partial charge >= 0.3 is 11.9 Å². The van der Waals surface area contributed by atoms with Crippen LogP contribution in [0.15, 0.2) is 24.3 Å². The van der Waals surface area contributed by atoms with Gasteiger partial charge in [-0.3, -0.25) is 4.79 Å². The average molecular weight is 240 g/mol. The van der Waals surface area contributed by atoms with Gasteiger partial charge in [-0.15, -0.1) is 0 Å². The molecule has 5 heteroatoms. The number of esters is 2. The van der Waals surface area contributed by atoms with Crippen LogP contribution in [0.4, 0.5) is 4.39 Å². The van der Waals surface area contributed by atoms with E-state index in [1.54, 1.807) is 0 Å². The smallest absolute Gasteiger partial charge is 0.347 e. The minimum absolute atomic E-state index is 0.159. The largest absolute Gasteiger partial charge is 0.466 e. The number of hydrogen-bond donors (Lipinski definition) is 0. The average Bonchev–Trinajstić information content (AvgIpc) is 2.29. The van der Waals surface area contributed by atoms with Gasteiger partial charge in [-0.1, -0.05) is 12.1 Å². The Kier molecular flexibility index (Phi) is 4.63. The molecule has 4 nitrogen and oxygen atoms in total. The van der Waals surface area contributed by atoms with Crippen LogP contribution in [0.2, 0.25) is 0 Å². The topological polar surface area (TPSA) is 52.6 Å². The van der Waals surface area contributed by atoms with Gasteiger partial charge in [0.2, 0.25) is 6.10 Å². The Morgan fingerprint density at radius 1 is 1.29 bits per heavy atom. The number of carbonyl (C=O) groups is 2. The Bertz CT molecular complexity index is 399. The molecule has 1 atom stereocenters. The minimum atomic E-state index is -0.997. The fourth-order valence-electron chi connectivity index (χ4n) is 1.34. The summed E-state index contributed by atoms with van der Waals surface area (Å²) in [7, 11) is 1.21. The number of carbonyl (C=O) groups excluding carboxylic acids is 2. The number of ether oxygens (including phenoxy) is 2. The monoisotopic (exact) mass is 240 g/mol. The van der Waals surface area contributed by atoms with Gasteiger partial charge in [0.15, 0.2) is 0 Å². The van der Waals surface area contributed by atoms with Gasteiger partial charge in [-0.25, -0.2) is 9.18 Å². The zero-order chi connectivity index (χ0) is 12.8. The third-order valence-electron chi connectivity index (χ3n) is 2.11. The van der Waals surface area contributed by atoms with E-state index in [1.807, 2.05) is 0 Å². The van der Waals surface area contributed by atoms with E-state index in [0.29, 0.717) is 5.56 Å². The van der Waals surface area contributed by atoms with Crippen LogP contribution < -0.4 is 0 Å². The Labute approximate surface area is 98.3 Å². The highest BCUT2D eigenvalue weighted by Gasteiger charge is 2.22. The second-order valence-electron chi connectivity index (χ2n) is 3.45. The normalized spacial score (nSPS) is 11.7. The summed E-state index contributed by atoms with van der Waals surface area (Å²) in [5, 5.41) is 0. The molecular formula is C12H13FO4. The van der Waals surface area contributed by atoms with Crippen LogP contribution in [0.3, 0.4) is 0 Å². The van der Waals surface area contributed by atoms with E-state index < -0.39 is 18.0 Å². The summed E-state index contributed by atoms with van der Waals surface area (Å²) in [5.41, 5.74) is 0.683. The predicted molar refractivity (Wildman–Crippen MR) is 57.7 cm³/mol. The molecule has 1 aromatic carbocycles. The van der Waals surface area contributed by atoms with Crippen molar-refractivity contribution in [2.45, 2.75) is 19.4 Å². The summed E-state index contributed by atoms with van der Waals surface area (Å²) >= 11 is 0. The van der Waals surface area contributed by atoms with Gasteiger partial charge in [0.25, 0.3) is 0 Å². The van der Waals surface area contributed by atoms with E-state index in [2.05, 4.69) is 4.74 Å². The molecule has 0 radical (unpaired) electrons. The molecule has 0 unspecified atom stereocenters. The van der Waals surface area contributed by atoms with E-state index in [4.69, 9.17) is 4.74 Å². The number of benzene rings is 1. The molecule has 0 saturated heterocycles. The second kappa shape index (κ2) is 5.98. The van der Waals surface area contributed by atoms with Crippen LogP contribution in [0.1, 0.15) is 12.5 Å². The molecule has 0 aromatic heterocycles. The van der Waals surface area contributed by atoms with Crippen LogP contribution in [0.25, 0.3) is 0 Å². The molecule has 0 saturated carbocycles. The zero-order valence-electron chi connectivity index (χ0n) is 9.60. The zero-order valence-corrected chi connectivity index (χ0v) is 9.60. The summed E-state index contributed by atoms with van der Waals surface area (Å²) < 4.78 is 22.0. The highest BCUT2D eigenvalue weighted by atomic mass is 19.1. The maximum absolute atomic E-state index is 12.7. The molecule has 1 rings (SSSR count). The first kappa shape index (κ1) is 13.2. The molecule has 0 fully saturated rings. The second-order valence-corrected chi connectivity index (χ2v) is 3.45. The first-order valence-electron chi connectivity index (χ1n) is 5.02. The molecule has 0 spiro atoms. The molecule has 0 N–H and O–H groups in total. The Morgan fingerprint density at radius 2 is 1.88 bits per heavy atom. The fraction of sp³-hybridized carbons (Fsp3) is 0.333. The molecule has 1 aromatic rings. The third kappa shape index (κ3) is 4.22. The van der Waals surface area contributed by atoms with Crippen molar-refractivity contribution in [3.05, 3.63) is 35.6 Å². The highest BCUT2D eigenvalue weighted by Crippen LogP contribution is 2.09. The van der Waals surface area contributed by atoms with Crippen molar-refractivity contribution in [2.24, 2.45) is 0 Å². The quantitative estimate of drug-likeness (QED) is 0.748. The van der Waals surface area contributed by atoms with Crippen LogP contribution in [-0.2, 0) is 25.5 Å². The molecule has 0 bridgehead atoms. The van der Waals surface area contributed by atoms with Gasteiger partial charge in [0.05, 0.1) is 7.11 Å². The van der Waals surface area contributed by atoms with Crippen LogP contribution in [0, 0.1) is 5.82 Å². The van der Waals surface area contributed by atoms with Crippen molar-refractivity contribution in [1.82, 2.24) is 0 Å². The van der Waals surface area contributed by atoms with Gasteiger partial charge < -0.3 is 9.47 Å². The molecule has 0 heterocycles. The Hall–Kier alpha value is -1.91. The minimum Gasteiger partial charge on any atom is -0.466 e. The summed E-state index contributed by atoms with van der Waals surface area (Å²) in [6.07, 6.45) is -0.838. The lowest BCUT2D eigenvalue weighted by atomic mass is 10.1. The maximum Gasteiger partial charge on any atom is 0.347 e. The highest BCUT2D eigenvalue weighted by molar-refractivity contribution is 5.78. The lowest BCUT2D eigenvalue weighted by molar-refractivity contribution is -0.164. The number of halogens is 1. The van der Waals surface area contributed by atoms with Gasteiger partial charge in [-0.2, -0.15) is 0 Å². The van der Waals surface area contributed by atoms with Crippen LogP contribution in [-0.4, -0.2) is 25.2 Å². The standard InChI is InChI=1S/C12H13FO4/c1-8(14)17-11(12(15)16-2)7-9-3-5-10(13)6-4-9/h3-6,11H,7H2,1-2H3/t11-/m0/s1. The summed E-state index contributed by atoms with van der Waals surface area (Å²) in [4.78, 5) is 22.2. The predicted octanol–water partition coefficient (Wildman–Crippen LogP) is 1.47. The van der Waals surface area contributed by atoms with Gasteiger partial charge in [0.1, 0.15) is 5.82 Å². The third-order valence-corrected chi connectivity index (χ3v) is 2.11. The molecule has 0 aliphatic heterocycles. The molecule has 17 heavy (non-hydrogen) atoms. The lowest BCUT2D eigenvalue weighted by Crippen LogP contribution is -2.29. The maximum atomic E-state index is 12.7. The lowest BCUT2D eigenvalue weighted by Gasteiger charge is -2.14. The van der Waals surface area contributed by atoms with Crippen molar-refractivity contribution < 1.29 is 23.5 Å².